The SMILES string of the molecule is CCCCCCCCCCCCCCCC(=O)Oc1ccc(S(=O)(=O)O)cc1.[H-].[Na+]. The zero-order valence-electron chi connectivity index (χ0n) is 19.2. The van der Waals surface area contributed by atoms with Gasteiger partial charge in [-0.3, -0.25) is 9.35 Å². The molecule has 0 bridgehead atoms. The Kier molecular flexibility index (Phi) is 17.1. The van der Waals surface area contributed by atoms with E-state index in [1.807, 2.05) is 0 Å². The smallest absolute Gasteiger partial charge is 1.00 e. The maximum atomic E-state index is 11.8. The van der Waals surface area contributed by atoms with E-state index in [0.717, 1.165) is 19.3 Å². The van der Waals surface area contributed by atoms with Crippen molar-refractivity contribution in [2.45, 2.75) is 102 Å². The van der Waals surface area contributed by atoms with Gasteiger partial charge >= 0.3 is 35.5 Å². The van der Waals surface area contributed by atoms with Crippen molar-refractivity contribution >= 4 is 16.1 Å². The minimum absolute atomic E-state index is 0. The number of carbonyl (C=O) groups excluding carboxylic acids is 1. The molecule has 1 aromatic carbocycles. The topological polar surface area (TPSA) is 80.7 Å². The predicted molar refractivity (Wildman–Crippen MR) is 113 cm³/mol. The second-order valence-corrected chi connectivity index (χ2v) is 8.83. The fraction of sp³-hybridized carbons (Fsp3) is 0.682. The van der Waals surface area contributed by atoms with Crippen LogP contribution >= 0.6 is 0 Å². The molecule has 0 atom stereocenters. The summed E-state index contributed by atoms with van der Waals surface area (Å²) in [5.74, 6) is -0.0326. The van der Waals surface area contributed by atoms with Gasteiger partial charge in [-0.05, 0) is 30.7 Å². The Labute approximate surface area is 200 Å². The van der Waals surface area contributed by atoms with Crippen molar-refractivity contribution in [2.75, 3.05) is 0 Å². The van der Waals surface area contributed by atoms with Crippen molar-refractivity contribution in [1.82, 2.24) is 0 Å². The number of rotatable bonds is 16. The van der Waals surface area contributed by atoms with Crippen LogP contribution in [0, 0.1) is 0 Å². The average Bonchev–Trinajstić information content (AvgIpc) is 2.65. The zero-order chi connectivity index (χ0) is 20.7. The molecule has 29 heavy (non-hydrogen) atoms. The number of hydrogen-bond acceptors (Lipinski definition) is 4. The molecule has 1 rings (SSSR count). The normalized spacial score (nSPS) is 11.1. The van der Waals surface area contributed by atoms with Crippen LogP contribution in [0.3, 0.4) is 0 Å². The molecule has 162 valence electrons. The van der Waals surface area contributed by atoms with Gasteiger partial charge in [0.15, 0.2) is 0 Å². The van der Waals surface area contributed by atoms with Gasteiger partial charge in [-0.1, -0.05) is 84.0 Å². The third-order valence-corrected chi connectivity index (χ3v) is 5.71. The molecule has 0 amide bonds. The Bertz CT molecular complexity index is 650. The Morgan fingerprint density at radius 2 is 1.24 bits per heavy atom. The molecule has 0 radical (unpaired) electrons. The molecule has 0 saturated carbocycles. The van der Waals surface area contributed by atoms with E-state index in [-0.39, 0.29) is 47.6 Å². The molecule has 0 unspecified atom stereocenters. The van der Waals surface area contributed by atoms with Crippen LogP contribution in [-0.2, 0) is 14.9 Å². The summed E-state index contributed by atoms with van der Waals surface area (Å²) in [6.45, 7) is 2.25. The molecule has 0 saturated heterocycles. The van der Waals surface area contributed by atoms with Crippen molar-refractivity contribution in [3.63, 3.8) is 0 Å². The molecule has 0 aliphatic heterocycles. The standard InChI is InChI=1S/C22H36O5S.Na.H/c1-2-3-4-5-6-7-8-9-10-11-12-13-14-15-22(23)27-20-16-18-21(19-17-20)28(24,25)26;;/h16-19H,2-15H2,1H3,(H,24,25,26);;/q;+1;-1. The predicted octanol–water partition coefficient (Wildman–Crippen LogP) is 3.44. The van der Waals surface area contributed by atoms with Crippen LogP contribution in [0.2, 0.25) is 0 Å². The molecule has 0 aliphatic carbocycles. The number of carbonyl (C=O) groups is 1. The number of unbranched alkanes of at least 4 members (excludes halogenated alkanes) is 12. The van der Waals surface area contributed by atoms with Crippen LogP contribution in [-0.4, -0.2) is 18.9 Å². The Balaban J connectivity index is 0. The van der Waals surface area contributed by atoms with E-state index in [9.17, 15) is 13.2 Å². The summed E-state index contributed by atoms with van der Waals surface area (Å²) in [7, 11) is -4.22. The van der Waals surface area contributed by atoms with E-state index in [4.69, 9.17) is 9.29 Å². The Morgan fingerprint density at radius 1 is 0.828 bits per heavy atom. The average molecular weight is 437 g/mol. The molecule has 5 nitrogen and oxygen atoms in total. The van der Waals surface area contributed by atoms with Crippen LogP contribution in [0.25, 0.3) is 0 Å². The van der Waals surface area contributed by atoms with Gasteiger partial charge in [0, 0.05) is 6.42 Å². The van der Waals surface area contributed by atoms with E-state index < -0.39 is 10.1 Å². The van der Waals surface area contributed by atoms with E-state index in [0.29, 0.717) is 6.42 Å². The second-order valence-electron chi connectivity index (χ2n) is 7.41. The summed E-state index contributed by atoms with van der Waals surface area (Å²) in [6, 6.07) is 5.15. The summed E-state index contributed by atoms with van der Waals surface area (Å²) in [5.41, 5.74) is 0. The van der Waals surface area contributed by atoms with Gasteiger partial charge in [-0.15, -0.1) is 0 Å². The Hall–Kier alpha value is -0.400. The first kappa shape index (κ1) is 28.6. The van der Waals surface area contributed by atoms with Crippen LogP contribution < -0.4 is 34.3 Å². The third-order valence-electron chi connectivity index (χ3n) is 4.84. The Morgan fingerprint density at radius 3 is 1.66 bits per heavy atom. The third kappa shape index (κ3) is 15.1. The maximum absolute atomic E-state index is 11.8. The quantitative estimate of drug-likeness (QED) is 0.141. The summed E-state index contributed by atoms with van der Waals surface area (Å²) < 4.78 is 36.0. The van der Waals surface area contributed by atoms with Gasteiger partial charge in [-0.25, -0.2) is 0 Å². The first-order valence-corrected chi connectivity index (χ1v) is 12.2. The van der Waals surface area contributed by atoms with Gasteiger partial charge in [0.25, 0.3) is 10.1 Å². The van der Waals surface area contributed by atoms with E-state index in [1.165, 1.54) is 88.5 Å². The molecule has 0 heterocycles. The van der Waals surface area contributed by atoms with Crippen LogP contribution in [0.15, 0.2) is 29.2 Å². The van der Waals surface area contributed by atoms with E-state index in [2.05, 4.69) is 6.92 Å². The first-order chi connectivity index (χ1) is 13.4. The molecule has 7 heteroatoms. The van der Waals surface area contributed by atoms with E-state index >= 15 is 0 Å². The van der Waals surface area contributed by atoms with Crippen molar-refractivity contribution in [1.29, 1.82) is 0 Å². The van der Waals surface area contributed by atoms with Crippen molar-refractivity contribution in [2.24, 2.45) is 0 Å². The molecule has 1 N–H and O–H groups in total. The molecule has 0 aliphatic rings. The van der Waals surface area contributed by atoms with Crippen molar-refractivity contribution in [3.8, 4) is 5.75 Å². The number of ether oxygens (including phenoxy) is 1. The maximum Gasteiger partial charge on any atom is 1.00 e. The first-order valence-electron chi connectivity index (χ1n) is 10.7. The monoisotopic (exact) mass is 436 g/mol. The van der Waals surface area contributed by atoms with Gasteiger partial charge in [0.2, 0.25) is 0 Å². The van der Waals surface area contributed by atoms with Gasteiger partial charge in [-0.2, -0.15) is 8.42 Å². The van der Waals surface area contributed by atoms with Gasteiger partial charge in [0.1, 0.15) is 5.75 Å². The van der Waals surface area contributed by atoms with Gasteiger partial charge < -0.3 is 6.16 Å². The largest absolute Gasteiger partial charge is 1.00 e. The number of hydrogen-bond donors (Lipinski definition) is 1. The molecule has 1 aromatic rings. The fourth-order valence-corrected chi connectivity index (χ4v) is 3.63. The van der Waals surface area contributed by atoms with Gasteiger partial charge in [0.05, 0.1) is 4.90 Å². The molecule has 0 aromatic heterocycles. The summed E-state index contributed by atoms with van der Waals surface area (Å²) in [6.07, 6.45) is 16.7. The minimum atomic E-state index is -4.22. The molecule has 0 spiro atoms. The van der Waals surface area contributed by atoms with Crippen molar-refractivity contribution < 1.29 is 53.5 Å². The minimum Gasteiger partial charge on any atom is -1.00 e. The van der Waals surface area contributed by atoms with Crippen LogP contribution in [0.4, 0.5) is 0 Å². The van der Waals surface area contributed by atoms with E-state index in [1.54, 1.807) is 0 Å². The summed E-state index contributed by atoms with van der Waals surface area (Å²) in [4.78, 5) is 11.6. The fourth-order valence-electron chi connectivity index (χ4n) is 3.15. The molecular formula is C22H37NaO5S. The molecular weight excluding hydrogens is 399 g/mol. The number of esters is 1. The van der Waals surface area contributed by atoms with Crippen LogP contribution in [0.5, 0.6) is 5.75 Å². The summed E-state index contributed by atoms with van der Waals surface area (Å²) in [5, 5.41) is 0. The number of benzene rings is 1. The molecule has 0 fully saturated rings. The van der Waals surface area contributed by atoms with Crippen LogP contribution in [0.1, 0.15) is 98.2 Å². The van der Waals surface area contributed by atoms with Crippen molar-refractivity contribution in [3.05, 3.63) is 24.3 Å². The second kappa shape index (κ2) is 17.3. The zero-order valence-corrected chi connectivity index (χ0v) is 21.0. The summed E-state index contributed by atoms with van der Waals surface area (Å²) >= 11 is 0.